The highest BCUT2D eigenvalue weighted by Crippen LogP contribution is 2.28. The van der Waals surface area contributed by atoms with E-state index in [9.17, 15) is 27.9 Å². The number of benzene rings is 3. The minimum Gasteiger partial charge on any atom is -0.497 e. The third-order valence-electron chi connectivity index (χ3n) is 5.85. The predicted molar refractivity (Wildman–Crippen MR) is 144 cm³/mol. The molecule has 1 aliphatic rings. The average Bonchev–Trinajstić information content (AvgIpc) is 2.93. The van der Waals surface area contributed by atoms with E-state index in [2.05, 4.69) is 15.1 Å². The molecule has 1 saturated heterocycles. The minimum absolute atomic E-state index is 0.147. The number of carbonyl (C=O) groups is 3. The van der Waals surface area contributed by atoms with Crippen molar-refractivity contribution in [2.24, 2.45) is 0 Å². The molecule has 4 rings (SSSR count). The molecule has 0 bridgehead atoms. The van der Waals surface area contributed by atoms with E-state index in [1.165, 1.54) is 6.07 Å². The Hall–Kier alpha value is -4.45. The maximum atomic E-state index is 12.5. The Kier molecular flexibility index (Phi) is 9.83. The number of hydrogen-bond donors (Lipinski definition) is 3. The molecular weight excluding hydrogens is 555 g/mol. The second-order valence-electron chi connectivity index (χ2n) is 8.48. The zero-order valence-electron chi connectivity index (χ0n) is 21.1. The number of hydrogen-bond acceptors (Lipinski definition) is 6. The van der Waals surface area contributed by atoms with Gasteiger partial charge >= 0.3 is 18.1 Å². The number of nitrogens with zero attached hydrogens (tertiary/aromatic N) is 2. The molecule has 0 atom stereocenters. The Bertz CT molecular complexity index is 1380. The predicted octanol–water partition coefficient (Wildman–Crippen LogP) is 5.26. The summed E-state index contributed by atoms with van der Waals surface area (Å²) >= 11 is 5.96. The number of carboxylic acids is 2. The van der Waals surface area contributed by atoms with Crippen molar-refractivity contribution in [1.82, 2.24) is 0 Å². The van der Waals surface area contributed by atoms with E-state index in [-0.39, 0.29) is 11.5 Å². The Morgan fingerprint density at radius 1 is 0.900 bits per heavy atom. The molecule has 13 heteroatoms. The second kappa shape index (κ2) is 13.1. The van der Waals surface area contributed by atoms with Crippen LogP contribution in [0.4, 0.5) is 30.2 Å². The van der Waals surface area contributed by atoms with Crippen molar-refractivity contribution in [2.75, 3.05) is 48.4 Å². The Balaban J connectivity index is 0.000000559. The van der Waals surface area contributed by atoms with Gasteiger partial charge in [-0.15, -0.1) is 0 Å². The molecule has 0 saturated carbocycles. The number of alkyl halides is 3. The van der Waals surface area contributed by atoms with Crippen molar-refractivity contribution >= 4 is 46.5 Å². The third-order valence-corrected chi connectivity index (χ3v) is 6.09. The van der Waals surface area contributed by atoms with Gasteiger partial charge in [-0.1, -0.05) is 23.7 Å². The van der Waals surface area contributed by atoms with Crippen molar-refractivity contribution in [1.29, 1.82) is 0 Å². The molecule has 1 amide bonds. The lowest BCUT2D eigenvalue weighted by molar-refractivity contribution is -0.192. The van der Waals surface area contributed by atoms with Crippen LogP contribution in [0.2, 0.25) is 5.02 Å². The van der Waals surface area contributed by atoms with E-state index in [0.29, 0.717) is 35.1 Å². The number of methoxy groups -OCH3 is 1. The van der Waals surface area contributed by atoms with E-state index < -0.39 is 18.1 Å². The summed E-state index contributed by atoms with van der Waals surface area (Å²) in [5.74, 6) is -3.35. The van der Waals surface area contributed by atoms with Crippen LogP contribution in [0.1, 0.15) is 20.7 Å². The van der Waals surface area contributed by atoms with Gasteiger partial charge in [-0.2, -0.15) is 13.2 Å². The number of anilines is 3. The highest BCUT2D eigenvalue weighted by molar-refractivity contribution is 6.31. The zero-order chi connectivity index (χ0) is 29.4. The second-order valence-corrected chi connectivity index (χ2v) is 8.92. The molecule has 0 spiro atoms. The number of ether oxygens (including phenoxy) is 1. The monoisotopic (exact) mass is 579 g/mol. The summed E-state index contributed by atoms with van der Waals surface area (Å²) in [6.07, 6.45) is -5.08. The van der Waals surface area contributed by atoms with Gasteiger partial charge in [-0.3, -0.25) is 4.79 Å². The molecule has 1 heterocycles. The molecule has 1 fully saturated rings. The molecule has 0 radical (unpaired) electrons. The summed E-state index contributed by atoms with van der Waals surface area (Å²) in [6.45, 7) is 2.84. The summed E-state index contributed by atoms with van der Waals surface area (Å²) in [6, 6.07) is 19.4. The number of carboxylic acid groups (broad SMARTS) is 2. The van der Waals surface area contributed by atoms with Crippen LogP contribution in [0.5, 0.6) is 5.75 Å². The highest BCUT2D eigenvalue weighted by Gasteiger charge is 2.38. The van der Waals surface area contributed by atoms with Crippen molar-refractivity contribution in [3.63, 3.8) is 0 Å². The molecular formula is C27H25ClF3N3O6. The number of nitrogens with one attached hydrogen (secondary N) is 1. The summed E-state index contributed by atoms with van der Waals surface area (Å²) < 4.78 is 37.0. The average molecular weight is 580 g/mol. The molecule has 3 aromatic rings. The quantitative estimate of drug-likeness (QED) is 0.362. The normalized spacial score (nSPS) is 13.1. The lowest BCUT2D eigenvalue weighted by atomic mass is 10.1. The number of aromatic carboxylic acids is 1. The molecule has 9 nitrogen and oxygen atoms in total. The van der Waals surface area contributed by atoms with Gasteiger partial charge < -0.3 is 30.1 Å². The molecule has 1 aliphatic heterocycles. The lowest BCUT2D eigenvalue weighted by Gasteiger charge is -2.38. The Morgan fingerprint density at radius 2 is 1.52 bits per heavy atom. The molecule has 3 N–H and O–H groups in total. The SMILES string of the molecule is COc1cccc(N2CCN(c3ccc(NC(=O)c4cccc(Cl)c4)cc3C(=O)O)CC2)c1.O=C(O)C(F)(F)F. The smallest absolute Gasteiger partial charge is 0.490 e. The van der Waals surface area contributed by atoms with Crippen LogP contribution < -0.4 is 19.9 Å². The summed E-state index contributed by atoms with van der Waals surface area (Å²) in [7, 11) is 1.64. The van der Waals surface area contributed by atoms with E-state index in [1.807, 2.05) is 24.3 Å². The molecule has 0 aromatic heterocycles. The van der Waals surface area contributed by atoms with Gasteiger partial charge in [0.25, 0.3) is 5.91 Å². The van der Waals surface area contributed by atoms with Crippen LogP contribution in [0.25, 0.3) is 0 Å². The summed E-state index contributed by atoms with van der Waals surface area (Å²) in [5, 5.41) is 20.1. The molecule has 0 unspecified atom stereocenters. The fourth-order valence-corrected chi connectivity index (χ4v) is 4.10. The van der Waals surface area contributed by atoms with E-state index in [0.717, 1.165) is 24.5 Å². The Morgan fingerprint density at radius 3 is 2.10 bits per heavy atom. The first-order valence-electron chi connectivity index (χ1n) is 11.8. The topological polar surface area (TPSA) is 119 Å². The first-order valence-corrected chi connectivity index (χ1v) is 12.1. The number of halogens is 4. The van der Waals surface area contributed by atoms with Crippen LogP contribution >= 0.6 is 11.6 Å². The number of aliphatic carboxylic acids is 1. The number of piperazine rings is 1. The lowest BCUT2D eigenvalue weighted by Crippen LogP contribution is -2.47. The third kappa shape index (κ3) is 8.03. The first kappa shape index (κ1) is 30.1. The van der Waals surface area contributed by atoms with Gasteiger partial charge in [0.1, 0.15) is 5.75 Å². The van der Waals surface area contributed by atoms with Crippen LogP contribution in [0.3, 0.4) is 0 Å². The highest BCUT2D eigenvalue weighted by atomic mass is 35.5. The minimum atomic E-state index is -5.08. The van der Waals surface area contributed by atoms with Crippen molar-refractivity contribution in [3.05, 3.63) is 82.9 Å². The largest absolute Gasteiger partial charge is 0.497 e. The fraction of sp³-hybridized carbons (Fsp3) is 0.222. The van der Waals surface area contributed by atoms with Crippen LogP contribution in [-0.4, -0.2) is 67.5 Å². The maximum absolute atomic E-state index is 12.5. The summed E-state index contributed by atoms with van der Waals surface area (Å²) in [5.41, 5.74) is 2.67. The summed E-state index contributed by atoms with van der Waals surface area (Å²) in [4.78, 5) is 37.7. The molecule has 3 aromatic carbocycles. The van der Waals surface area contributed by atoms with Crippen LogP contribution in [0, 0.1) is 0 Å². The van der Waals surface area contributed by atoms with Gasteiger partial charge in [-0.05, 0) is 48.5 Å². The standard InChI is InChI=1S/C25H24ClN3O4.C2HF3O2/c1-33-21-7-3-6-20(16-21)28-10-12-29(13-11-28)23-9-8-19(15-22(23)25(31)32)27-24(30)17-4-2-5-18(26)14-17;3-2(4,5)1(6)7/h2-9,14-16H,10-13H2,1H3,(H,27,30)(H,31,32);(H,6,7). The Labute approximate surface area is 232 Å². The van der Waals surface area contributed by atoms with Crippen molar-refractivity contribution in [2.45, 2.75) is 6.18 Å². The van der Waals surface area contributed by atoms with E-state index >= 15 is 0 Å². The van der Waals surface area contributed by atoms with Crippen LogP contribution in [-0.2, 0) is 4.79 Å². The van der Waals surface area contributed by atoms with E-state index in [1.54, 1.807) is 43.5 Å². The molecule has 0 aliphatic carbocycles. The molecule has 40 heavy (non-hydrogen) atoms. The number of carbonyl (C=O) groups excluding carboxylic acids is 1. The van der Waals surface area contributed by atoms with Gasteiger partial charge in [0.05, 0.1) is 18.4 Å². The van der Waals surface area contributed by atoms with Crippen molar-refractivity contribution < 1.29 is 42.5 Å². The van der Waals surface area contributed by atoms with Gasteiger partial charge in [-0.25, -0.2) is 9.59 Å². The van der Waals surface area contributed by atoms with Gasteiger partial charge in [0.15, 0.2) is 0 Å². The van der Waals surface area contributed by atoms with Crippen molar-refractivity contribution in [3.8, 4) is 5.75 Å². The first-order chi connectivity index (χ1) is 18.9. The number of amides is 1. The maximum Gasteiger partial charge on any atom is 0.490 e. The van der Waals surface area contributed by atoms with Gasteiger partial charge in [0, 0.05) is 54.2 Å². The van der Waals surface area contributed by atoms with E-state index in [4.69, 9.17) is 26.2 Å². The van der Waals surface area contributed by atoms with Crippen LogP contribution in [0.15, 0.2) is 66.7 Å². The fourth-order valence-electron chi connectivity index (χ4n) is 3.91. The number of rotatable bonds is 6. The van der Waals surface area contributed by atoms with Gasteiger partial charge in [0.2, 0.25) is 0 Å². The zero-order valence-corrected chi connectivity index (χ0v) is 21.9. The molecule has 212 valence electrons.